The first-order chi connectivity index (χ1) is 15.9. The second-order valence-electron chi connectivity index (χ2n) is 7.19. The first-order valence-electron chi connectivity index (χ1n) is 10.3. The van der Waals surface area contributed by atoms with E-state index in [0.717, 1.165) is 4.70 Å². The summed E-state index contributed by atoms with van der Waals surface area (Å²) in [5.41, 5.74) is 0.663. The zero-order valence-electron chi connectivity index (χ0n) is 17.9. The van der Waals surface area contributed by atoms with Crippen molar-refractivity contribution in [3.05, 3.63) is 47.3 Å². The fourth-order valence-electron chi connectivity index (χ4n) is 3.36. The Morgan fingerprint density at radius 2 is 1.88 bits per heavy atom. The van der Waals surface area contributed by atoms with Crippen LogP contribution in [0.2, 0.25) is 0 Å². The van der Waals surface area contributed by atoms with Gasteiger partial charge in [-0.25, -0.2) is 8.42 Å². The summed E-state index contributed by atoms with van der Waals surface area (Å²) in [5, 5.41) is 0. The molecule has 1 aliphatic heterocycles. The van der Waals surface area contributed by atoms with Gasteiger partial charge in [0, 0.05) is 18.6 Å². The number of ether oxygens (including phenoxy) is 3. The molecule has 2 heterocycles. The van der Waals surface area contributed by atoms with Gasteiger partial charge in [0.15, 0.2) is 26.1 Å². The third-order valence-corrected chi connectivity index (χ3v) is 7.75. The maximum atomic E-state index is 12.5. The molecule has 0 N–H and O–H groups in total. The summed E-state index contributed by atoms with van der Waals surface area (Å²) in [4.78, 5) is 29.4. The number of amides is 1. The standard InChI is InChI=1S/C22H22N2O7S2/c1-2-29-21(26)13-24-16-11-17-18(31-14-30-17)12-19(16)32-22(24)23-20(25)9-6-10-33(27,28)15-7-4-3-5-8-15/h3-5,7-8,11-12H,2,6,9-10,13-14H2,1H3. The summed E-state index contributed by atoms with van der Waals surface area (Å²) in [7, 11) is -3.47. The molecule has 3 aromatic rings. The molecule has 0 bridgehead atoms. The van der Waals surface area contributed by atoms with Gasteiger partial charge in [0.25, 0.3) is 0 Å². The number of nitrogens with zero attached hydrogens (tertiary/aromatic N) is 2. The van der Waals surface area contributed by atoms with Crippen molar-refractivity contribution < 1.29 is 32.2 Å². The Morgan fingerprint density at radius 3 is 2.61 bits per heavy atom. The summed E-state index contributed by atoms with van der Waals surface area (Å²) in [6, 6.07) is 11.6. The Hall–Kier alpha value is -3.18. The second kappa shape index (κ2) is 9.75. The number of benzene rings is 2. The third-order valence-electron chi connectivity index (χ3n) is 4.90. The van der Waals surface area contributed by atoms with E-state index in [1.807, 2.05) is 0 Å². The number of fused-ring (bicyclic) bond motifs is 2. The number of carbonyl (C=O) groups excluding carboxylic acids is 2. The van der Waals surface area contributed by atoms with E-state index >= 15 is 0 Å². The first-order valence-corrected chi connectivity index (χ1v) is 12.8. The molecule has 1 amide bonds. The molecule has 0 atom stereocenters. The molecular weight excluding hydrogens is 468 g/mol. The lowest BCUT2D eigenvalue weighted by Gasteiger charge is -2.06. The molecule has 0 fully saturated rings. The zero-order valence-corrected chi connectivity index (χ0v) is 19.5. The highest BCUT2D eigenvalue weighted by Crippen LogP contribution is 2.37. The van der Waals surface area contributed by atoms with E-state index in [1.54, 1.807) is 41.8 Å². The number of sulfone groups is 1. The number of hydrogen-bond acceptors (Lipinski definition) is 8. The minimum absolute atomic E-state index is 0.0392. The molecule has 0 radical (unpaired) electrons. The van der Waals surface area contributed by atoms with Gasteiger partial charge in [-0.15, -0.1) is 0 Å². The van der Waals surface area contributed by atoms with Crippen molar-refractivity contribution in [3.63, 3.8) is 0 Å². The Labute approximate surface area is 194 Å². The summed E-state index contributed by atoms with van der Waals surface area (Å²) in [6.07, 6.45) is 0.0980. The van der Waals surface area contributed by atoms with Crippen LogP contribution in [0.5, 0.6) is 11.5 Å². The molecule has 33 heavy (non-hydrogen) atoms. The van der Waals surface area contributed by atoms with Crippen LogP contribution in [0.15, 0.2) is 52.4 Å². The van der Waals surface area contributed by atoms with E-state index in [4.69, 9.17) is 14.2 Å². The second-order valence-corrected chi connectivity index (χ2v) is 10.3. The highest BCUT2D eigenvalue weighted by Gasteiger charge is 2.20. The molecule has 174 valence electrons. The molecule has 1 aliphatic rings. The van der Waals surface area contributed by atoms with E-state index in [-0.39, 0.29) is 43.4 Å². The average Bonchev–Trinajstić information content (AvgIpc) is 3.37. The number of thiazole rings is 1. The summed E-state index contributed by atoms with van der Waals surface area (Å²) >= 11 is 1.23. The number of carbonyl (C=O) groups is 2. The normalized spacial score (nSPS) is 13.4. The van der Waals surface area contributed by atoms with Crippen LogP contribution in [-0.4, -0.2) is 44.0 Å². The van der Waals surface area contributed by atoms with Crippen LogP contribution in [0.1, 0.15) is 19.8 Å². The van der Waals surface area contributed by atoms with E-state index in [1.165, 1.54) is 23.5 Å². The lowest BCUT2D eigenvalue weighted by Crippen LogP contribution is -2.23. The van der Waals surface area contributed by atoms with Crippen LogP contribution in [0.3, 0.4) is 0 Å². The van der Waals surface area contributed by atoms with Crippen LogP contribution in [0.25, 0.3) is 10.2 Å². The monoisotopic (exact) mass is 490 g/mol. The van der Waals surface area contributed by atoms with E-state index in [2.05, 4.69) is 4.99 Å². The molecule has 0 aliphatic carbocycles. The Kier molecular flexibility index (Phi) is 6.80. The molecule has 11 heteroatoms. The lowest BCUT2D eigenvalue weighted by atomic mass is 10.3. The van der Waals surface area contributed by atoms with Crippen molar-refractivity contribution in [3.8, 4) is 11.5 Å². The molecule has 1 aromatic heterocycles. The molecule has 0 spiro atoms. The highest BCUT2D eigenvalue weighted by molar-refractivity contribution is 7.91. The fraction of sp³-hybridized carbons (Fsp3) is 0.318. The molecule has 0 saturated carbocycles. The summed E-state index contributed by atoms with van der Waals surface area (Å²) < 4.78 is 43.1. The van der Waals surface area contributed by atoms with Gasteiger partial charge in [0.1, 0.15) is 6.54 Å². The Balaban J connectivity index is 1.56. The van der Waals surface area contributed by atoms with Crippen molar-refractivity contribution in [1.29, 1.82) is 0 Å². The van der Waals surface area contributed by atoms with Gasteiger partial charge in [-0.2, -0.15) is 4.99 Å². The van der Waals surface area contributed by atoms with Gasteiger partial charge in [-0.3, -0.25) is 9.59 Å². The SMILES string of the molecule is CCOC(=O)Cn1c(=NC(=O)CCCS(=O)(=O)c2ccccc2)sc2cc3c(cc21)OCO3. The van der Waals surface area contributed by atoms with Crippen molar-refractivity contribution in [2.75, 3.05) is 19.2 Å². The minimum Gasteiger partial charge on any atom is -0.465 e. The number of rotatable bonds is 8. The first kappa shape index (κ1) is 23.0. The third kappa shape index (κ3) is 5.25. The van der Waals surface area contributed by atoms with Crippen LogP contribution in [0.4, 0.5) is 0 Å². The maximum absolute atomic E-state index is 12.5. The molecule has 2 aromatic carbocycles. The fourth-order valence-corrected chi connectivity index (χ4v) is 5.74. The molecular formula is C22H22N2O7S2. The van der Waals surface area contributed by atoms with Crippen LogP contribution >= 0.6 is 11.3 Å². The van der Waals surface area contributed by atoms with Gasteiger partial charge in [0.2, 0.25) is 12.7 Å². The average molecular weight is 491 g/mol. The predicted molar refractivity (Wildman–Crippen MR) is 121 cm³/mol. The summed E-state index contributed by atoms with van der Waals surface area (Å²) in [6.45, 7) is 1.94. The molecule has 4 rings (SSSR count). The molecule has 9 nitrogen and oxygen atoms in total. The molecule has 0 unspecified atom stereocenters. The van der Waals surface area contributed by atoms with Crippen LogP contribution < -0.4 is 14.3 Å². The van der Waals surface area contributed by atoms with Crippen molar-refractivity contribution in [2.45, 2.75) is 31.2 Å². The van der Waals surface area contributed by atoms with Gasteiger partial charge >= 0.3 is 5.97 Å². The highest BCUT2D eigenvalue weighted by atomic mass is 32.2. The van der Waals surface area contributed by atoms with E-state index in [0.29, 0.717) is 21.8 Å². The van der Waals surface area contributed by atoms with Crippen molar-refractivity contribution >= 4 is 43.3 Å². The van der Waals surface area contributed by atoms with Crippen LogP contribution in [-0.2, 0) is 30.7 Å². The Morgan fingerprint density at radius 1 is 1.15 bits per heavy atom. The Bertz CT molecular complexity index is 1360. The van der Waals surface area contributed by atoms with Gasteiger partial charge in [-0.1, -0.05) is 29.5 Å². The quantitative estimate of drug-likeness (QED) is 0.446. The van der Waals surface area contributed by atoms with E-state index < -0.39 is 21.7 Å². The van der Waals surface area contributed by atoms with Crippen LogP contribution in [0, 0.1) is 0 Å². The van der Waals surface area contributed by atoms with Gasteiger partial charge < -0.3 is 18.8 Å². The number of esters is 1. The zero-order chi connectivity index (χ0) is 23.4. The van der Waals surface area contributed by atoms with Crippen molar-refractivity contribution in [1.82, 2.24) is 4.57 Å². The largest absolute Gasteiger partial charge is 0.465 e. The van der Waals surface area contributed by atoms with E-state index in [9.17, 15) is 18.0 Å². The van der Waals surface area contributed by atoms with Crippen molar-refractivity contribution in [2.24, 2.45) is 4.99 Å². The summed E-state index contributed by atoms with van der Waals surface area (Å²) in [5.74, 6) is 0.0349. The topological polar surface area (TPSA) is 113 Å². The minimum atomic E-state index is -3.47. The van der Waals surface area contributed by atoms with Gasteiger partial charge in [-0.05, 0) is 25.5 Å². The number of aromatic nitrogens is 1. The smallest absolute Gasteiger partial charge is 0.326 e. The molecule has 0 saturated heterocycles. The van der Waals surface area contributed by atoms with Gasteiger partial charge in [0.05, 0.1) is 27.5 Å². The number of hydrogen-bond donors (Lipinski definition) is 0. The maximum Gasteiger partial charge on any atom is 0.326 e. The predicted octanol–water partition coefficient (Wildman–Crippen LogP) is 2.68. The lowest BCUT2D eigenvalue weighted by molar-refractivity contribution is -0.143.